The first-order chi connectivity index (χ1) is 7.19. The average Bonchev–Trinajstić information content (AvgIpc) is 2.75. The monoisotopic (exact) mass is 202 g/mol. The SMILES string of the molecule is Cc1cc(Cn2cnc(C#N)n2)n(C)n1. The Bertz CT molecular complexity index is 515. The van der Waals surface area contributed by atoms with Crippen molar-refractivity contribution in [2.24, 2.45) is 7.05 Å². The van der Waals surface area contributed by atoms with Crippen LogP contribution in [0.2, 0.25) is 0 Å². The number of hydrogen-bond donors (Lipinski definition) is 0. The number of hydrogen-bond acceptors (Lipinski definition) is 4. The van der Waals surface area contributed by atoms with Crippen molar-refractivity contribution >= 4 is 0 Å². The Balaban J connectivity index is 2.22. The molecular weight excluding hydrogens is 192 g/mol. The molecule has 0 atom stereocenters. The van der Waals surface area contributed by atoms with Crippen molar-refractivity contribution in [3.05, 3.63) is 29.6 Å². The van der Waals surface area contributed by atoms with E-state index in [2.05, 4.69) is 15.2 Å². The lowest BCUT2D eigenvalue weighted by atomic mass is 10.4. The van der Waals surface area contributed by atoms with Gasteiger partial charge in [0, 0.05) is 7.05 Å². The third-order valence-corrected chi connectivity index (χ3v) is 2.06. The van der Waals surface area contributed by atoms with Crippen LogP contribution in [0.3, 0.4) is 0 Å². The van der Waals surface area contributed by atoms with Crippen molar-refractivity contribution in [2.75, 3.05) is 0 Å². The molecular formula is C9H10N6. The molecule has 2 rings (SSSR count). The van der Waals surface area contributed by atoms with Gasteiger partial charge in [-0.3, -0.25) is 4.68 Å². The van der Waals surface area contributed by atoms with Crippen LogP contribution in [0.4, 0.5) is 0 Å². The van der Waals surface area contributed by atoms with Gasteiger partial charge in [-0.25, -0.2) is 9.67 Å². The maximum absolute atomic E-state index is 8.57. The van der Waals surface area contributed by atoms with E-state index in [1.807, 2.05) is 26.1 Å². The minimum absolute atomic E-state index is 0.189. The number of aryl methyl sites for hydroxylation is 2. The molecule has 0 radical (unpaired) electrons. The second-order valence-corrected chi connectivity index (χ2v) is 3.28. The Labute approximate surface area is 86.8 Å². The summed E-state index contributed by atoms with van der Waals surface area (Å²) in [4.78, 5) is 3.83. The molecule has 0 amide bonds. The van der Waals surface area contributed by atoms with Crippen LogP contribution in [0.25, 0.3) is 0 Å². The van der Waals surface area contributed by atoms with Crippen molar-refractivity contribution in [1.29, 1.82) is 5.26 Å². The summed E-state index contributed by atoms with van der Waals surface area (Å²) in [7, 11) is 1.88. The molecule has 2 heterocycles. The fourth-order valence-corrected chi connectivity index (χ4v) is 1.40. The zero-order chi connectivity index (χ0) is 10.8. The van der Waals surface area contributed by atoms with E-state index in [0.717, 1.165) is 11.4 Å². The predicted octanol–water partition coefficient (Wildman–Crippen LogP) is 0.240. The zero-order valence-electron chi connectivity index (χ0n) is 8.55. The van der Waals surface area contributed by atoms with Crippen molar-refractivity contribution in [1.82, 2.24) is 24.5 Å². The molecule has 2 aromatic rings. The van der Waals surface area contributed by atoms with E-state index in [9.17, 15) is 0 Å². The molecule has 6 nitrogen and oxygen atoms in total. The average molecular weight is 202 g/mol. The second-order valence-electron chi connectivity index (χ2n) is 3.28. The van der Waals surface area contributed by atoms with E-state index in [1.165, 1.54) is 0 Å². The first kappa shape index (κ1) is 9.40. The molecule has 0 spiro atoms. The molecule has 6 heteroatoms. The smallest absolute Gasteiger partial charge is 0.252 e. The second kappa shape index (κ2) is 3.53. The molecule has 0 aliphatic rings. The van der Waals surface area contributed by atoms with E-state index in [1.54, 1.807) is 15.7 Å². The summed E-state index contributed by atoms with van der Waals surface area (Å²) in [5, 5.41) is 16.8. The highest BCUT2D eigenvalue weighted by Gasteiger charge is 2.04. The van der Waals surface area contributed by atoms with Gasteiger partial charge in [0.15, 0.2) is 0 Å². The molecule has 0 saturated heterocycles. The van der Waals surface area contributed by atoms with Gasteiger partial charge < -0.3 is 0 Å². The van der Waals surface area contributed by atoms with Crippen LogP contribution >= 0.6 is 0 Å². The molecule has 0 N–H and O–H groups in total. The van der Waals surface area contributed by atoms with Gasteiger partial charge in [0.1, 0.15) is 12.4 Å². The lowest BCUT2D eigenvalue weighted by molar-refractivity contribution is 0.616. The lowest BCUT2D eigenvalue weighted by Gasteiger charge is -2.00. The molecule has 0 saturated carbocycles. The minimum Gasteiger partial charge on any atom is -0.270 e. The maximum Gasteiger partial charge on any atom is 0.252 e. The van der Waals surface area contributed by atoms with Crippen LogP contribution in [0, 0.1) is 18.3 Å². The lowest BCUT2D eigenvalue weighted by Crippen LogP contribution is -2.06. The topological polar surface area (TPSA) is 72.3 Å². The Morgan fingerprint density at radius 2 is 2.27 bits per heavy atom. The van der Waals surface area contributed by atoms with Crippen LogP contribution in [0.15, 0.2) is 12.4 Å². The minimum atomic E-state index is 0.189. The van der Waals surface area contributed by atoms with Crippen LogP contribution < -0.4 is 0 Å². The summed E-state index contributed by atoms with van der Waals surface area (Å²) in [6.45, 7) is 2.51. The first-order valence-electron chi connectivity index (χ1n) is 4.48. The largest absolute Gasteiger partial charge is 0.270 e. The third-order valence-electron chi connectivity index (χ3n) is 2.06. The van der Waals surface area contributed by atoms with Crippen molar-refractivity contribution in [3.63, 3.8) is 0 Å². The summed E-state index contributed by atoms with van der Waals surface area (Å²) in [5.41, 5.74) is 2.00. The van der Waals surface area contributed by atoms with Crippen LogP contribution in [0.1, 0.15) is 17.2 Å². The molecule has 15 heavy (non-hydrogen) atoms. The van der Waals surface area contributed by atoms with Gasteiger partial charge in [-0.05, 0) is 13.0 Å². The molecule has 2 aromatic heterocycles. The highest BCUT2D eigenvalue weighted by atomic mass is 15.3. The van der Waals surface area contributed by atoms with Gasteiger partial charge in [-0.2, -0.15) is 10.4 Å². The molecule has 0 aliphatic heterocycles. The highest BCUT2D eigenvalue weighted by Crippen LogP contribution is 2.03. The van der Waals surface area contributed by atoms with E-state index >= 15 is 0 Å². The van der Waals surface area contributed by atoms with E-state index in [4.69, 9.17) is 5.26 Å². The van der Waals surface area contributed by atoms with Gasteiger partial charge in [0.25, 0.3) is 5.82 Å². The van der Waals surface area contributed by atoms with Gasteiger partial charge in [-0.1, -0.05) is 0 Å². The van der Waals surface area contributed by atoms with Crippen molar-refractivity contribution in [3.8, 4) is 6.07 Å². The fourth-order valence-electron chi connectivity index (χ4n) is 1.40. The molecule has 76 valence electrons. The van der Waals surface area contributed by atoms with Crippen molar-refractivity contribution < 1.29 is 0 Å². The zero-order valence-corrected chi connectivity index (χ0v) is 8.55. The normalized spacial score (nSPS) is 10.2. The van der Waals surface area contributed by atoms with Crippen LogP contribution in [0.5, 0.6) is 0 Å². The van der Waals surface area contributed by atoms with E-state index in [-0.39, 0.29) is 5.82 Å². The van der Waals surface area contributed by atoms with Gasteiger partial charge in [0.2, 0.25) is 0 Å². The van der Waals surface area contributed by atoms with Gasteiger partial charge >= 0.3 is 0 Å². The Morgan fingerprint density at radius 1 is 1.47 bits per heavy atom. The summed E-state index contributed by atoms with van der Waals surface area (Å²) >= 11 is 0. The Morgan fingerprint density at radius 3 is 2.80 bits per heavy atom. The highest BCUT2D eigenvalue weighted by molar-refractivity contribution is 5.10. The first-order valence-corrected chi connectivity index (χ1v) is 4.48. The maximum atomic E-state index is 8.57. The standard InChI is InChI=1S/C9H10N6/c1-7-3-8(14(2)12-7)5-15-6-11-9(4-10)13-15/h3,6H,5H2,1-2H3. The van der Waals surface area contributed by atoms with Gasteiger partial charge in [0.05, 0.1) is 17.9 Å². The number of aromatic nitrogens is 5. The number of nitriles is 1. The molecule has 0 fully saturated rings. The van der Waals surface area contributed by atoms with E-state index < -0.39 is 0 Å². The Hall–Kier alpha value is -2.16. The number of rotatable bonds is 2. The predicted molar refractivity (Wildman–Crippen MR) is 51.8 cm³/mol. The van der Waals surface area contributed by atoms with Crippen LogP contribution in [-0.2, 0) is 13.6 Å². The Kier molecular flexibility index (Phi) is 2.21. The molecule has 0 bridgehead atoms. The van der Waals surface area contributed by atoms with Crippen LogP contribution in [-0.4, -0.2) is 24.5 Å². The van der Waals surface area contributed by atoms with Gasteiger partial charge in [-0.15, -0.1) is 5.10 Å². The third kappa shape index (κ3) is 1.86. The molecule has 0 aromatic carbocycles. The quantitative estimate of drug-likeness (QED) is 0.699. The summed E-state index contributed by atoms with van der Waals surface area (Å²) < 4.78 is 3.41. The molecule has 0 aliphatic carbocycles. The molecule has 0 unspecified atom stereocenters. The van der Waals surface area contributed by atoms with Crippen molar-refractivity contribution in [2.45, 2.75) is 13.5 Å². The number of nitrogens with zero attached hydrogens (tertiary/aromatic N) is 6. The summed E-state index contributed by atoms with van der Waals surface area (Å²) in [5.74, 6) is 0.189. The summed E-state index contributed by atoms with van der Waals surface area (Å²) in [6, 6.07) is 3.87. The fraction of sp³-hybridized carbons (Fsp3) is 0.333. The summed E-state index contributed by atoms with van der Waals surface area (Å²) in [6.07, 6.45) is 1.54. The van der Waals surface area contributed by atoms with E-state index in [0.29, 0.717) is 6.54 Å².